The van der Waals surface area contributed by atoms with Crippen molar-refractivity contribution in [3.05, 3.63) is 42.5 Å². The molecule has 0 aliphatic carbocycles. The van der Waals surface area contributed by atoms with Crippen molar-refractivity contribution < 1.29 is 33.5 Å². The van der Waals surface area contributed by atoms with Crippen LogP contribution in [0.15, 0.2) is 36.9 Å². The standard InChI is InChI=1S/C34H51N5O7/c1-11-17-35-29(42)24(40)19-36-30(43)26-23(33(4,5)6)16-18-39(26)31(44)28(34(7,8)9)38-32(45)37-25(20(2)3)27(41)21-12-14-22(46-10)15-13-21/h11-15,20,23,25-26,28H,1,16-19H2,2-10H3,(H,35,42)(H,36,43)(H2,37,38,45)/t23-,25-,26-,28+/m0/s1. The molecule has 0 radical (unpaired) electrons. The highest BCUT2D eigenvalue weighted by molar-refractivity contribution is 6.37. The Balaban J connectivity index is 2.28. The van der Waals surface area contributed by atoms with Crippen molar-refractivity contribution in [1.29, 1.82) is 0 Å². The van der Waals surface area contributed by atoms with E-state index in [1.807, 2.05) is 34.6 Å². The number of benzene rings is 1. The predicted octanol–water partition coefficient (Wildman–Crippen LogP) is 2.87. The molecule has 1 saturated heterocycles. The topological polar surface area (TPSA) is 163 Å². The maximum atomic E-state index is 14.2. The molecule has 1 fully saturated rings. The molecule has 0 bridgehead atoms. The van der Waals surface area contributed by atoms with Crippen molar-refractivity contribution in [2.75, 3.05) is 26.7 Å². The summed E-state index contributed by atoms with van der Waals surface area (Å²) < 4.78 is 5.17. The summed E-state index contributed by atoms with van der Waals surface area (Å²) in [7, 11) is 1.53. The number of rotatable bonds is 13. The fourth-order valence-electron chi connectivity index (χ4n) is 5.48. The van der Waals surface area contributed by atoms with Crippen molar-refractivity contribution in [3.8, 4) is 5.75 Å². The Labute approximate surface area is 272 Å². The van der Waals surface area contributed by atoms with E-state index >= 15 is 0 Å². The van der Waals surface area contributed by atoms with E-state index in [1.165, 1.54) is 18.1 Å². The van der Waals surface area contributed by atoms with E-state index in [4.69, 9.17) is 4.74 Å². The molecular weight excluding hydrogens is 590 g/mol. The lowest BCUT2D eigenvalue weighted by atomic mass is 9.76. The van der Waals surface area contributed by atoms with Crippen molar-refractivity contribution in [2.45, 2.75) is 79.9 Å². The third-order valence-corrected chi connectivity index (χ3v) is 8.14. The SMILES string of the molecule is C=CCNC(=O)C(=O)CNC(=O)[C@@H]1[C@@H](C(C)(C)C)CCN1C(=O)[C@@H](NC(=O)N[C@H](C(=O)c1ccc(OC)cc1)C(C)C)C(C)(C)C. The molecule has 4 N–H and O–H groups in total. The van der Waals surface area contributed by atoms with Crippen LogP contribution in [0.5, 0.6) is 5.75 Å². The molecule has 0 unspecified atom stereocenters. The lowest BCUT2D eigenvalue weighted by Gasteiger charge is -2.38. The van der Waals surface area contributed by atoms with Crippen molar-refractivity contribution in [2.24, 2.45) is 22.7 Å². The summed E-state index contributed by atoms with van der Waals surface area (Å²) >= 11 is 0. The van der Waals surface area contributed by atoms with Gasteiger partial charge in [0.1, 0.15) is 17.8 Å². The van der Waals surface area contributed by atoms with Crippen LogP contribution in [0.1, 0.15) is 72.2 Å². The minimum Gasteiger partial charge on any atom is -0.497 e. The second kappa shape index (κ2) is 15.9. The molecule has 46 heavy (non-hydrogen) atoms. The van der Waals surface area contributed by atoms with Crippen LogP contribution < -0.4 is 26.0 Å². The van der Waals surface area contributed by atoms with E-state index in [-0.39, 0.29) is 36.1 Å². The van der Waals surface area contributed by atoms with Gasteiger partial charge in [-0.15, -0.1) is 6.58 Å². The molecule has 1 aromatic rings. The molecule has 0 aromatic heterocycles. The van der Waals surface area contributed by atoms with Crippen LogP contribution in [-0.4, -0.2) is 85.1 Å². The number of Topliss-reactive ketones (excluding diaryl/α,β-unsaturated/α-hetero) is 2. The molecule has 5 amide bonds. The second-order valence-corrected chi connectivity index (χ2v) is 14.1. The molecular formula is C34H51N5O7. The van der Waals surface area contributed by atoms with Crippen LogP contribution in [-0.2, 0) is 19.2 Å². The molecule has 12 heteroatoms. The van der Waals surface area contributed by atoms with Gasteiger partial charge in [-0.3, -0.25) is 24.0 Å². The quantitative estimate of drug-likeness (QED) is 0.146. The summed E-state index contributed by atoms with van der Waals surface area (Å²) in [6.45, 7) is 18.3. The summed E-state index contributed by atoms with van der Waals surface area (Å²) in [5.74, 6) is -2.91. The molecule has 0 saturated carbocycles. The number of hydrogen-bond acceptors (Lipinski definition) is 7. The lowest BCUT2D eigenvalue weighted by Crippen LogP contribution is -2.61. The summed E-state index contributed by atoms with van der Waals surface area (Å²) in [6, 6.07) is 3.02. The Morgan fingerprint density at radius 2 is 1.59 bits per heavy atom. The monoisotopic (exact) mass is 641 g/mol. The Morgan fingerprint density at radius 1 is 0.978 bits per heavy atom. The van der Waals surface area contributed by atoms with E-state index in [0.29, 0.717) is 17.7 Å². The Kier molecular flexibility index (Phi) is 13.1. The smallest absolute Gasteiger partial charge is 0.316 e. The van der Waals surface area contributed by atoms with Crippen LogP contribution in [0.3, 0.4) is 0 Å². The van der Waals surface area contributed by atoms with Crippen LogP contribution in [0.4, 0.5) is 4.79 Å². The number of carbonyl (C=O) groups is 6. The minimum absolute atomic E-state index is 0.109. The van der Waals surface area contributed by atoms with E-state index in [9.17, 15) is 28.8 Å². The second-order valence-electron chi connectivity index (χ2n) is 14.1. The number of methoxy groups -OCH3 is 1. The average molecular weight is 642 g/mol. The zero-order valence-corrected chi connectivity index (χ0v) is 28.6. The van der Waals surface area contributed by atoms with Crippen LogP contribution >= 0.6 is 0 Å². The highest BCUT2D eigenvalue weighted by atomic mass is 16.5. The largest absolute Gasteiger partial charge is 0.497 e. The van der Waals surface area contributed by atoms with Gasteiger partial charge in [0.15, 0.2) is 5.78 Å². The Morgan fingerprint density at radius 3 is 2.09 bits per heavy atom. The van der Waals surface area contributed by atoms with Crippen LogP contribution in [0, 0.1) is 22.7 Å². The number of ketones is 2. The van der Waals surface area contributed by atoms with E-state index in [2.05, 4.69) is 27.8 Å². The van der Waals surface area contributed by atoms with Gasteiger partial charge in [-0.25, -0.2) is 4.79 Å². The van der Waals surface area contributed by atoms with Gasteiger partial charge in [0.05, 0.1) is 19.7 Å². The van der Waals surface area contributed by atoms with Crippen LogP contribution in [0.2, 0.25) is 0 Å². The molecule has 1 aromatic carbocycles. The predicted molar refractivity (Wildman–Crippen MR) is 175 cm³/mol. The van der Waals surface area contributed by atoms with Crippen molar-refractivity contribution >= 4 is 35.3 Å². The number of nitrogens with zero attached hydrogens (tertiary/aromatic N) is 1. The van der Waals surface area contributed by atoms with E-state index in [0.717, 1.165) is 0 Å². The van der Waals surface area contributed by atoms with Crippen LogP contribution in [0.25, 0.3) is 0 Å². The van der Waals surface area contributed by atoms with Gasteiger partial charge in [0.25, 0.3) is 5.91 Å². The molecule has 12 nitrogen and oxygen atoms in total. The van der Waals surface area contributed by atoms with Gasteiger partial charge < -0.3 is 30.9 Å². The first-order chi connectivity index (χ1) is 21.3. The molecule has 0 spiro atoms. The van der Waals surface area contributed by atoms with E-state index in [1.54, 1.807) is 45.0 Å². The molecule has 4 atom stereocenters. The van der Waals surface area contributed by atoms with Gasteiger partial charge in [-0.05, 0) is 53.4 Å². The highest BCUT2D eigenvalue weighted by Gasteiger charge is 2.49. The maximum Gasteiger partial charge on any atom is 0.316 e. The molecule has 1 aliphatic rings. The number of nitrogens with one attached hydrogen (secondary N) is 4. The van der Waals surface area contributed by atoms with E-state index < -0.39 is 59.6 Å². The number of carbonyl (C=O) groups excluding carboxylic acids is 6. The Bertz CT molecular complexity index is 1290. The minimum atomic E-state index is -1.06. The van der Waals surface area contributed by atoms with Crippen molar-refractivity contribution in [1.82, 2.24) is 26.2 Å². The lowest BCUT2D eigenvalue weighted by molar-refractivity contribution is -0.144. The van der Waals surface area contributed by atoms with Gasteiger partial charge in [-0.2, -0.15) is 0 Å². The summed E-state index contributed by atoms with van der Waals surface area (Å²) in [5.41, 5.74) is -0.752. The van der Waals surface area contributed by atoms with Gasteiger partial charge in [-0.1, -0.05) is 61.5 Å². The summed E-state index contributed by atoms with van der Waals surface area (Å²) in [4.78, 5) is 80.3. The molecule has 2 rings (SSSR count). The molecule has 1 heterocycles. The zero-order valence-electron chi connectivity index (χ0n) is 28.6. The fraction of sp³-hybridized carbons (Fsp3) is 0.588. The first-order valence-electron chi connectivity index (χ1n) is 15.6. The third kappa shape index (κ3) is 9.89. The average Bonchev–Trinajstić information content (AvgIpc) is 3.45. The number of urea groups is 1. The zero-order chi connectivity index (χ0) is 35.0. The number of amides is 5. The normalized spacial score (nSPS) is 17.8. The van der Waals surface area contributed by atoms with Gasteiger partial charge in [0.2, 0.25) is 17.6 Å². The summed E-state index contributed by atoms with van der Waals surface area (Å²) in [5, 5.41) is 10.5. The fourth-order valence-corrected chi connectivity index (χ4v) is 5.48. The number of ether oxygens (including phenoxy) is 1. The Hall–Kier alpha value is -4.22. The number of likely N-dealkylation sites (tertiary alicyclic amines) is 1. The molecule has 254 valence electrons. The number of hydrogen-bond donors (Lipinski definition) is 4. The summed E-state index contributed by atoms with van der Waals surface area (Å²) in [6.07, 6.45) is 1.96. The maximum absolute atomic E-state index is 14.2. The molecule has 1 aliphatic heterocycles. The van der Waals surface area contributed by atoms with Gasteiger partial charge >= 0.3 is 6.03 Å². The first kappa shape index (κ1) is 38.0. The third-order valence-electron chi connectivity index (χ3n) is 8.14. The van der Waals surface area contributed by atoms with Gasteiger partial charge in [0, 0.05) is 18.7 Å². The first-order valence-corrected chi connectivity index (χ1v) is 15.6. The van der Waals surface area contributed by atoms with Crippen molar-refractivity contribution in [3.63, 3.8) is 0 Å². The highest BCUT2D eigenvalue weighted by Crippen LogP contribution is 2.39.